The van der Waals surface area contributed by atoms with Crippen molar-refractivity contribution in [2.45, 2.75) is 43.0 Å². The van der Waals surface area contributed by atoms with Crippen molar-refractivity contribution in [3.8, 4) is 0 Å². The molecular formula is C17H21FN4O4S. The first-order chi connectivity index (χ1) is 12.7. The van der Waals surface area contributed by atoms with Crippen molar-refractivity contribution in [2.24, 2.45) is 0 Å². The highest BCUT2D eigenvalue weighted by Gasteiger charge is 2.41. The standard InChI is InChI=1S/C17H21FN4O4S/c1-12-19-16(21-26-12)17(9-3-4-10-17)20-15(23)11-22(2)27(24,25)14-7-5-13(18)6-8-14/h5-8H,3-4,9-11H2,1-2H3,(H,20,23). The third kappa shape index (κ3) is 4.01. The topological polar surface area (TPSA) is 105 Å². The Balaban J connectivity index is 1.73. The predicted molar refractivity (Wildman–Crippen MR) is 93.5 cm³/mol. The molecule has 1 N–H and O–H groups in total. The fourth-order valence-electron chi connectivity index (χ4n) is 3.26. The summed E-state index contributed by atoms with van der Waals surface area (Å²) in [6.45, 7) is 1.29. The first-order valence-corrected chi connectivity index (χ1v) is 10.0. The Kier molecular flexibility index (Phi) is 5.29. The fourth-order valence-corrected chi connectivity index (χ4v) is 4.38. The van der Waals surface area contributed by atoms with Gasteiger partial charge in [0.1, 0.15) is 11.4 Å². The van der Waals surface area contributed by atoms with Gasteiger partial charge >= 0.3 is 0 Å². The average molecular weight is 396 g/mol. The zero-order chi connectivity index (χ0) is 19.7. The molecule has 1 aliphatic rings. The molecule has 0 unspecified atom stereocenters. The summed E-state index contributed by atoms with van der Waals surface area (Å²) in [5.74, 6) is -0.183. The Morgan fingerprint density at radius 3 is 2.48 bits per heavy atom. The van der Waals surface area contributed by atoms with Crippen molar-refractivity contribution in [3.05, 3.63) is 41.8 Å². The molecule has 27 heavy (non-hydrogen) atoms. The number of benzene rings is 1. The van der Waals surface area contributed by atoms with Crippen LogP contribution >= 0.6 is 0 Å². The summed E-state index contributed by atoms with van der Waals surface area (Å²) in [5.41, 5.74) is -0.741. The second kappa shape index (κ2) is 7.35. The van der Waals surface area contributed by atoms with E-state index in [2.05, 4.69) is 15.5 Å². The van der Waals surface area contributed by atoms with E-state index in [1.807, 2.05) is 0 Å². The molecule has 2 aromatic rings. The summed E-state index contributed by atoms with van der Waals surface area (Å²) in [7, 11) is -2.61. The minimum absolute atomic E-state index is 0.0800. The highest BCUT2D eigenvalue weighted by Crippen LogP contribution is 2.37. The van der Waals surface area contributed by atoms with Crippen LogP contribution in [0.3, 0.4) is 0 Å². The molecule has 1 heterocycles. The Bertz CT molecular complexity index is 921. The number of carbonyl (C=O) groups is 1. The highest BCUT2D eigenvalue weighted by molar-refractivity contribution is 7.89. The van der Waals surface area contributed by atoms with Gasteiger partial charge in [0.2, 0.25) is 21.8 Å². The van der Waals surface area contributed by atoms with E-state index in [0.717, 1.165) is 29.3 Å². The molecule has 10 heteroatoms. The minimum atomic E-state index is -3.91. The van der Waals surface area contributed by atoms with Crippen LogP contribution in [0.25, 0.3) is 0 Å². The lowest BCUT2D eigenvalue weighted by Crippen LogP contribution is -2.48. The van der Waals surface area contributed by atoms with E-state index in [-0.39, 0.29) is 11.4 Å². The molecule has 0 aliphatic heterocycles. The van der Waals surface area contributed by atoms with Gasteiger partial charge in [-0.3, -0.25) is 4.79 Å². The van der Waals surface area contributed by atoms with E-state index in [9.17, 15) is 17.6 Å². The van der Waals surface area contributed by atoms with Gasteiger partial charge in [-0.25, -0.2) is 12.8 Å². The molecule has 1 aromatic heterocycles. The molecule has 146 valence electrons. The van der Waals surface area contributed by atoms with E-state index in [0.29, 0.717) is 24.6 Å². The minimum Gasteiger partial charge on any atom is -0.342 e. The third-order valence-corrected chi connectivity index (χ3v) is 6.50. The van der Waals surface area contributed by atoms with E-state index in [4.69, 9.17) is 4.52 Å². The third-order valence-electron chi connectivity index (χ3n) is 4.68. The molecule has 1 amide bonds. The number of carbonyl (C=O) groups excluding carboxylic acids is 1. The largest absolute Gasteiger partial charge is 0.342 e. The van der Waals surface area contributed by atoms with Crippen LogP contribution in [0.2, 0.25) is 0 Å². The van der Waals surface area contributed by atoms with Crippen LogP contribution in [0.1, 0.15) is 37.4 Å². The lowest BCUT2D eigenvalue weighted by Gasteiger charge is -2.28. The zero-order valence-corrected chi connectivity index (χ0v) is 15.9. The van der Waals surface area contributed by atoms with E-state index >= 15 is 0 Å². The quantitative estimate of drug-likeness (QED) is 0.797. The van der Waals surface area contributed by atoms with Crippen molar-refractivity contribution in [1.82, 2.24) is 19.8 Å². The Labute approximate surface area is 156 Å². The number of sulfonamides is 1. The second-order valence-electron chi connectivity index (χ2n) is 6.69. The van der Waals surface area contributed by atoms with Crippen LogP contribution in [-0.4, -0.2) is 42.4 Å². The van der Waals surface area contributed by atoms with Crippen LogP contribution in [-0.2, 0) is 20.4 Å². The molecule has 1 aromatic carbocycles. The molecule has 3 rings (SSSR count). The number of likely N-dealkylation sites (N-methyl/N-ethyl adjacent to an activating group) is 1. The molecule has 0 saturated heterocycles. The molecule has 0 atom stereocenters. The molecule has 0 radical (unpaired) electrons. The number of amides is 1. The number of hydrogen-bond acceptors (Lipinski definition) is 6. The van der Waals surface area contributed by atoms with E-state index in [1.165, 1.54) is 19.2 Å². The fraction of sp³-hybridized carbons (Fsp3) is 0.471. The summed E-state index contributed by atoms with van der Waals surface area (Å²) in [6.07, 6.45) is 3.12. The lowest BCUT2D eigenvalue weighted by molar-refractivity contribution is -0.123. The van der Waals surface area contributed by atoms with Gasteiger partial charge in [0.05, 0.1) is 11.4 Å². The van der Waals surface area contributed by atoms with Crippen molar-refractivity contribution in [2.75, 3.05) is 13.6 Å². The molecule has 0 bridgehead atoms. The zero-order valence-electron chi connectivity index (χ0n) is 15.1. The maximum Gasteiger partial charge on any atom is 0.243 e. The van der Waals surface area contributed by atoms with Gasteiger partial charge in [0.15, 0.2) is 5.82 Å². The second-order valence-corrected chi connectivity index (χ2v) is 8.73. The summed E-state index contributed by atoms with van der Waals surface area (Å²) in [6, 6.07) is 4.46. The number of hydrogen-bond donors (Lipinski definition) is 1. The van der Waals surface area contributed by atoms with Crippen LogP contribution in [0.4, 0.5) is 4.39 Å². The van der Waals surface area contributed by atoms with Crippen LogP contribution in [0.15, 0.2) is 33.7 Å². The summed E-state index contributed by atoms with van der Waals surface area (Å²) in [5, 5.41) is 6.83. The monoisotopic (exact) mass is 396 g/mol. The van der Waals surface area contributed by atoms with Crippen LogP contribution in [0, 0.1) is 12.7 Å². The predicted octanol–water partition coefficient (Wildman–Crippen LogP) is 1.72. The lowest BCUT2D eigenvalue weighted by atomic mass is 9.96. The maximum absolute atomic E-state index is 13.0. The number of nitrogens with zero attached hydrogens (tertiary/aromatic N) is 3. The normalized spacial score (nSPS) is 16.6. The van der Waals surface area contributed by atoms with Gasteiger partial charge < -0.3 is 9.84 Å². The van der Waals surface area contributed by atoms with Crippen molar-refractivity contribution in [3.63, 3.8) is 0 Å². The van der Waals surface area contributed by atoms with Gasteiger partial charge in [0.25, 0.3) is 0 Å². The van der Waals surface area contributed by atoms with Crippen LogP contribution < -0.4 is 5.32 Å². The van der Waals surface area contributed by atoms with Crippen molar-refractivity contribution >= 4 is 15.9 Å². The Hall–Kier alpha value is -2.33. The molecule has 1 saturated carbocycles. The van der Waals surface area contributed by atoms with Crippen LogP contribution in [0.5, 0.6) is 0 Å². The molecule has 1 fully saturated rings. The van der Waals surface area contributed by atoms with Gasteiger partial charge in [-0.1, -0.05) is 18.0 Å². The molecular weight excluding hydrogens is 375 g/mol. The first kappa shape index (κ1) is 19.4. The average Bonchev–Trinajstić information content (AvgIpc) is 3.25. The smallest absolute Gasteiger partial charge is 0.243 e. The number of aromatic nitrogens is 2. The number of rotatable bonds is 6. The summed E-state index contributed by atoms with van der Waals surface area (Å²) < 4.78 is 44.1. The molecule has 8 nitrogen and oxygen atoms in total. The number of nitrogens with one attached hydrogen (secondary N) is 1. The first-order valence-electron chi connectivity index (χ1n) is 8.57. The molecule has 1 aliphatic carbocycles. The number of aryl methyl sites for hydroxylation is 1. The summed E-state index contributed by atoms with van der Waals surface area (Å²) in [4.78, 5) is 16.7. The van der Waals surface area contributed by atoms with Crippen molar-refractivity contribution < 1.29 is 22.1 Å². The summed E-state index contributed by atoms with van der Waals surface area (Å²) >= 11 is 0. The SMILES string of the molecule is Cc1nc(C2(NC(=O)CN(C)S(=O)(=O)c3ccc(F)cc3)CCCC2)no1. The number of halogens is 1. The maximum atomic E-state index is 13.0. The van der Waals surface area contributed by atoms with Gasteiger partial charge in [-0.2, -0.15) is 9.29 Å². The molecule has 0 spiro atoms. The Morgan fingerprint density at radius 2 is 1.93 bits per heavy atom. The van der Waals surface area contributed by atoms with Gasteiger partial charge in [-0.05, 0) is 37.1 Å². The van der Waals surface area contributed by atoms with Gasteiger partial charge in [-0.15, -0.1) is 0 Å². The van der Waals surface area contributed by atoms with E-state index < -0.39 is 27.3 Å². The highest BCUT2D eigenvalue weighted by atomic mass is 32.2. The van der Waals surface area contributed by atoms with E-state index in [1.54, 1.807) is 6.92 Å². The van der Waals surface area contributed by atoms with Gasteiger partial charge in [0, 0.05) is 14.0 Å². The Morgan fingerprint density at radius 1 is 1.30 bits per heavy atom. The van der Waals surface area contributed by atoms with Crippen molar-refractivity contribution in [1.29, 1.82) is 0 Å².